The maximum Gasteiger partial charge on any atom is 0.126 e. The van der Waals surface area contributed by atoms with Crippen LogP contribution in [0.5, 0.6) is 0 Å². The zero-order valence-corrected chi connectivity index (χ0v) is 13.4. The molecule has 1 aromatic carbocycles. The second-order valence-electron chi connectivity index (χ2n) is 6.87. The SMILES string of the molecule is CC1(C)CCC(c2ccc(-c3cn[nH]c3N)cc2Cl)CC1. The Bertz CT molecular complexity index is 635. The lowest BCUT2D eigenvalue weighted by Crippen LogP contribution is -2.20. The Morgan fingerprint density at radius 1 is 1.29 bits per heavy atom. The molecule has 2 aromatic rings. The Morgan fingerprint density at radius 3 is 2.57 bits per heavy atom. The molecule has 0 aliphatic heterocycles. The predicted octanol–water partition coefficient (Wildman–Crippen LogP) is 5.00. The van der Waals surface area contributed by atoms with E-state index < -0.39 is 0 Å². The summed E-state index contributed by atoms with van der Waals surface area (Å²) < 4.78 is 0. The van der Waals surface area contributed by atoms with Crippen LogP contribution in [0.2, 0.25) is 5.02 Å². The van der Waals surface area contributed by atoms with E-state index in [2.05, 4.69) is 36.2 Å². The minimum Gasteiger partial charge on any atom is -0.384 e. The van der Waals surface area contributed by atoms with Crippen LogP contribution in [-0.4, -0.2) is 10.2 Å². The third kappa shape index (κ3) is 2.93. The summed E-state index contributed by atoms with van der Waals surface area (Å²) in [6, 6.07) is 6.27. The van der Waals surface area contributed by atoms with Crippen LogP contribution < -0.4 is 5.73 Å². The van der Waals surface area contributed by atoms with Gasteiger partial charge in [-0.15, -0.1) is 0 Å². The minimum atomic E-state index is 0.480. The first-order valence-electron chi connectivity index (χ1n) is 7.55. The summed E-state index contributed by atoms with van der Waals surface area (Å²) in [5.41, 5.74) is 9.56. The van der Waals surface area contributed by atoms with Crippen LogP contribution >= 0.6 is 11.6 Å². The zero-order chi connectivity index (χ0) is 15.0. The highest BCUT2D eigenvalue weighted by atomic mass is 35.5. The summed E-state index contributed by atoms with van der Waals surface area (Å²) in [6.45, 7) is 4.71. The first-order chi connectivity index (χ1) is 9.96. The summed E-state index contributed by atoms with van der Waals surface area (Å²) in [5, 5.41) is 7.57. The fraction of sp³-hybridized carbons (Fsp3) is 0.471. The quantitative estimate of drug-likeness (QED) is 0.820. The average molecular weight is 304 g/mol. The van der Waals surface area contributed by atoms with Crippen molar-refractivity contribution in [3.63, 3.8) is 0 Å². The predicted molar refractivity (Wildman–Crippen MR) is 88.4 cm³/mol. The number of halogens is 1. The fourth-order valence-electron chi connectivity index (χ4n) is 3.26. The molecule has 0 radical (unpaired) electrons. The van der Waals surface area contributed by atoms with Gasteiger partial charge in [-0.25, -0.2) is 0 Å². The number of H-pyrrole nitrogens is 1. The second kappa shape index (κ2) is 5.38. The maximum absolute atomic E-state index is 6.53. The van der Waals surface area contributed by atoms with Crippen LogP contribution in [-0.2, 0) is 0 Å². The molecule has 1 aliphatic rings. The summed E-state index contributed by atoms with van der Waals surface area (Å²) in [4.78, 5) is 0. The summed E-state index contributed by atoms with van der Waals surface area (Å²) in [6.07, 6.45) is 6.72. The monoisotopic (exact) mass is 303 g/mol. The molecule has 0 bridgehead atoms. The van der Waals surface area contributed by atoms with E-state index in [1.54, 1.807) is 6.20 Å². The molecule has 3 nitrogen and oxygen atoms in total. The number of benzene rings is 1. The lowest BCUT2D eigenvalue weighted by molar-refractivity contribution is 0.224. The third-order valence-electron chi connectivity index (χ3n) is 4.76. The molecule has 1 fully saturated rings. The molecule has 1 heterocycles. The van der Waals surface area contributed by atoms with Gasteiger partial charge in [0, 0.05) is 10.6 Å². The van der Waals surface area contributed by atoms with E-state index in [0.717, 1.165) is 16.1 Å². The van der Waals surface area contributed by atoms with Crippen LogP contribution in [0.3, 0.4) is 0 Å². The Balaban J connectivity index is 1.84. The Labute approximate surface area is 130 Å². The second-order valence-corrected chi connectivity index (χ2v) is 7.28. The number of rotatable bonds is 2. The van der Waals surface area contributed by atoms with Crippen molar-refractivity contribution in [1.82, 2.24) is 10.2 Å². The number of nitrogens with one attached hydrogen (secondary N) is 1. The van der Waals surface area contributed by atoms with Crippen LogP contribution in [0, 0.1) is 5.41 Å². The van der Waals surface area contributed by atoms with E-state index in [4.69, 9.17) is 17.3 Å². The Kier molecular flexibility index (Phi) is 3.70. The molecule has 3 N–H and O–H groups in total. The number of nitrogens with zero attached hydrogens (tertiary/aromatic N) is 1. The number of aromatic amines is 1. The molecule has 3 rings (SSSR count). The molecule has 0 saturated heterocycles. The molecule has 21 heavy (non-hydrogen) atoms. The lowest BCUT2D eigenvalue weighted by Gasteiger charge is -2.34. The number of nitrogens with two attached hydrogens (primary N) is 1. The number of anilines is 1. The zero-order valence-electron chi connectivity index (χ0n) is 12.6. The molecule has 0 atom stereocenters. The van der Waals surface area contributed by atoms with E-state index in [0.29, 0.717) is 17.2 Å². The number of hydrogen-bond donors (Lipinski definition) is 2. The third-order valence-corrected chi connectivity index (χ3v) is 5.09. The largest absolute Gasteiger partial charge is 0.384 e. The van der Waals surface area contributed by atoms with Gasteiger partial charge in [0.25, 0.3) is 0 Å². The van der Waals surface area contributed by atoms with Crippen molar-refractivity contribution < 1.29 is 0 Å². The van der Waals surface area contributed by atoms with E-state index in [9.17, 15) is 0 Å². The van der Waals surface area contributed by atoms with Crippen molar-refractivity contribution in [2.75, 3.05) is 5.73 Å². The normalized spacial score (nSPS) is 18.8. The lowest BCUT2D eigenvalue weighted by atomic mass is 9.71. The van der Waals surface area contributed by atoms with Crippen molar-refractivity contribution in [2.24, 2.45) is 5.41 Å². The van der Waals surface area contributed by atoms with Crippen LogP contribution in [0.4, 0.5) is 5.82 Å². The van der Waals surface area contributed by atoms with Crippen molar-refractivity contribution in [2.45, 2.75) is 45.4 Å². The molecule has 112 valence electrons. The van der Waals surface area contributed by atoms with E-state index >= 15 is 0 Å². The van der Waals surface area contributed by atoms with Crippen LogP contribution in [0.1, 0.15) is 51.0 Å². The van der Waals surface area contributed by atoms with Gasteiger partial charge < -0.3 is 5.73 Å². The maximum atomic E-state index is 6.53. The van der Waals surface area contributed by atoms with Crippen molar-refractivity contribution >= 4 is 17.4 Å². The highest BCUT2D eigenvalue weighted by molar-refractivity contribution is 6.31. The summed E-state index contributed by atoms with van der Waals surface area (Å²) in [5.74, 6) is 1.17. The van der Waals surface area contributed by atoms with Crippen LogP contribution in [0.15, 0.2) is 24.4 Å². The minimum absolute atomic E-state index is 0.480. The Morgan fingerprint density at radius 2 is 2.00 bits per heavy atom. The smallest absolute Gasteiger partial charge is 0.126 e. The first-order valence-corrected chi connectivity index (χ1v) is 7.93. The molecular weight excluding hydrogens is 282 g/mol. The molecule has 0 amide bonds. The molecule has 0 unspecified atom stereocenters. The van der Waals surface area contributed by atoms with Crippen molar-refractivity contribution in [3.05, 3.63) is 35.0 Å². The topological polar surface area (TPSA) is 54.7 Å². The van der Waals surface area contributed by atoms with Gasteiger partial charge in [-0.05, 0) is 54.2 Å². The first kappa shape index (κ1) is 14.5. The average Bonchev–Trinajstić information content (AvgIpc) is 2.85. The highest BCUT2D eigenvalue weighted by Gasteiger charge is 2.28. The highest BCUT2D eigenvalue weighted by Crippen LogP contribution is 2.44. The van der Waals surface area contributed by atoms with Crippen molar-refractivity contribution in [1.29, 1.82) is 0 Å². The standard InChI is InChI=1S/C17H22ClN3/c1-17(2)7-5-11(6-8-17)13-4-3-12(9-15(13)18)14-10-20-21-16(14)19/h3-4,9-11H,5-8H2,1-2H3,(H3,19,20,21). The molecule has 1 aromatic heterocycles. The van der Waals surface area contributed by atoms with Gasteiger partial charge in [-0.3, -0.25) is 5.10 Å². The molecule has 1 saturated carbocycles. The van der Waals surface area contributed by atoms with Gasteiger partial charge in [-0.1, -0.05) is 37.6 Å². The molecular formula is C17H22ClN3. The van der Waals surface area contributed by atoms with Gasteiger partial charge in [-0.2, -0.15) is 5.10 Å². The van der Waals surface area contributed by atoms with Gasteiger partial charge in [0.05, 0.1) is 6.20 Å². The fourth-order valence-corrected chi connectivity index (χ4v) is 3.60. The van der Waals surface area contributed by atoms with E-state index in [1.807, 2.05) is 6.07 Å². The van der Waals surface area contributed by atoms with Gasteiger partial charge in [0.15, 0.2) is 0 Å². The Hall–Kier alpha value is -1.48. The number of hydrogen-bond acceptors (Lipinski definition) is 2. The molecule has 4 heteroatoms. The van der Waals surface area contributed by atoms with E-state index in [1.165, 1.54) is 31.2 Å². The van der Waals surface area contributed by atoms with Crippen LogP contribution in [0.25, 0.3) is 11.1 Å². The van der Waals surface area contributed by atoms with Gasteiger partial charge in [0.2, 0.25) is 0 Å². The van der Waals surface area contributed by atoms with Gasteiger partial charge >= 0.3 is 0 Å². The molecule has 1 aliphatic carbocycles. The molecule has 0 spiro atoms. The summed E-state index contributed by atoms with van der Waals surface area (Å²) >= 11 is 6.53. The number of nitrogen functional groups attached to an aromatic ring is 1. The van der Waals surface area contributed by atoms with Crippen molar-refractivity contribution in [3.8, 4) is 11.1 Å². The van der Waals surface area contributed by atoms with E-state index in [-0.39, 0.29) is 0 Å². The van der Waals surface area contributed by atoms with Gasteiger partial charge in [0.1, 0.15) is 5.82 Å². The summed E-state index contributed by atoms with van der Waals surface area (Å²) in [7, 11) is 0. The number of aromatic nitrogens is 2.